The summed E-state index contributed by atoms with van der Waals surface area (Å²) in [4.78, 5) is 17.4. The molecule has 0 unspecified atom stereocenters. The van der Waals surface area contributed by atoms with E-state index in [0.29, 0.717) is 33.4 Å². The molecule has 5 nitrogen and oxygen atoms in total. The van der Waals surface area contributed by atoms with Crippen LogP contribution in [-0.2, 0) is 0 Å². The van der Waals surface area contributed by atoms with Crippen molar-refractivity contribution in [2.24, 2.45) is 0 Å². The van der Waals surface area contributed by atoms with Crippen molar-refractivity contribution in [2.45, 2.75) is 6.92 Å². The Morgan fingerprint density at radius 1 is 1.11 bits per heavy atom. The maximum absolute atomic E-state index is 13.3. The first kappa shape index (κ1) is 16.6. The molecule has 0 bridgehead atoms. The molecule has 0 aliphatic carbocycles. The van der Waals surface area contributed by atoms with Crippen LogP contribution in [0.3, 0.4) is 0 Å². The second-order valence-electron chi connectivity index (χ2n) is 6.14. The summed E-state index contributed by atoms with van der Waals surface area (Å²) in [7, 11) is 0. The van der Waals surface area contributed by atoms with Gasteiger partial charge in [-0.2, -0.15) is 15.0 Å². The molecule has 130 valence electrons. The van der Waals surface area contributed by atoms with E-state index in [0.717, 1.165) is 5.56 Å². The molecular weight excluding hydrogens is 343 g/mol. The van der Waals surface area contributed by atoms with E-state index in [1.165, 1.54) is 28.9 Å². The summed E-state index contributed by atoms with van der Waals surface area (Å²) in [5.74, 6) is -0.396. The highest BCUT2D eigenvalue weighted by molar-refractivity contribution is 5.91. The SMILES string of the molecule is Cc1cnc2c(-c3cccc(C#N)c3)nn(-c3ccc(F)cc3)c(=O)c2c1. The van der Waals surface area contributed by atoms with Gasteiger partial charge in [0.15, 0.2) is 0 Å². The van der Waals surface area contributed by atoms with Crippen molar-refractivity contribution in [3.05, 3.63) is 88.1 Å². The second-order valence-corrected chi connectivity index (χ2v) is 6.14. The first-order valence-electron chi connectivity index (χ1n) is 8.23. The highest BCUT2D eigenvalue weighted by atomic mass is 19.1. The van der Waals surface area contributed by atoms with Crippen LogP contribution in [0.4, 0.5) is 4.39 Å². The Morgan fingerprint density at radius 3 is 2.63 bits per heavy atom. The predicted molar refractivity (Wildman–Crippen MR) is 100.0 cm³/mol. The molecule has 4 rings (SSSR count). The van der Waals surface area contributed by atoms with Crippen LogP contribution in [0.5, 0.6) is 0 Å². The molecule has 0 spiro atoms. The summed E-state index contributed by atoms with van der Waals surface area (Å²) in [6, 6.07) is 16.3. The van der Waals surface area contributed by atoms with Crippen LogP contribution in [0.2, 0.25) is 0 Å². The Hall–Kier alpha value is -3.85. The van der Waals surface area contributed by atoms with E-state index in [1.807, 2.05) is 13.0 Å². The highest BCUT2D eigenvalue weighted by Gasteiger charge is 2.15. The van der Waals surface area contributed by atoms with Crippen LogP contribution in [0.25, 0.3) is 27.8 Å². The fourth-order valence-electron chi connectivity index (χ4n) is 2.92. The molecular formula is C21H13FN4O. The standard InChI is InChI=1S/C21H13FN4O/c1-13-9-18-20(24-12-13)19(15-4-2-3-14(10-15)11-23)25-26(21(18)27)17-7-5-16(22)6-8-17/h2-10,12H,1H3. The van der Waals surface area contributed by atoms with Gasteiger partial charge in [0.05, 0.1) is 22.7 Å². The van der Waals surface area contributed by atoms with Gasteiger partial charge in [0.25, 0.3) is 5.56 Å². The lowest BCUT2D eigenvalue weighted by Gasteiger charge is -2.11. The van der Waals surface area contributed by atoms with Gasteiger partial charge in [0.1, 0.15) is 17.0 Å². The molecule has 0 aliphatic heterocycles. The molecule has 2 aromatic carbocycles. The third kappa shape index (κ3) is 2.96. The van der Waals surface area contributed by atoms with Crippen molar-refractivity contribution in [3.8, 4) is 23.0 Å². The zero-order chi connectivity index (χ0) is 19.0. The normalized spacial score (nSPS) is 10.7. The number of nitriles is 1. The first-order chi connectivity index (χ1) is 13.1. The number of hydrogen-bond donors (Lipinski definition) is 0. The molecule has 0 saturated heterocycles. The Morgan fingerprint density at radius 2 is 1.89 bits per heavy atom. The fraction of sp³-hybridized carbons (Fsp3) is 0.0476. The largest absolute Gasteiger partial charge is 0.281 e. The Balaban J connectivity index is 2.08. The molecule has 0 N–H and O–H groups in total. The average molecular weight is 356 g/mol. The lowest BCUT2D eigenvalue weighted by Crippen LogP contribution is -2.22. The third-order valence-electron chi connectivity index (χ3n) is 4.21. The number of hydrogen-bond acceptors (Lipinski definition) is 4. The summed E-state index contributed by atoms with van der Waals surface area (Å²) in [6.07, 6.45) is 1.67. The van der Waals surface area contributed by atoms with Crippen molar-refractivity contribution in [1.82, 2.24) is 14.8 Å². The molecule has 0 atom stereocenters. The van der Waals surface area contributed by atoms with Gasteiger partial charge in [-0.05, 0) is 55.0 Å². The smallest absolute Gasteiger partial charge is 0.267 e. The highest BCUT2D eigenvalue weighted by Crippen LogP contribution is 2.25. The minimum atomic E-state index is -0.396. The zero-order valence-corrected chi connectivity index (χ0v) is 14.3. The minimum Gasteiger partial charge on any atom is -0.267 e. The van der Waals surface area contributed by atoms with Gasteiger partial charge in [-0.3, -0.25) is 9.78 Å². The van der Waals surface area contributed by atoms with Gasteiger partial charge in [-0.15, -0.1) is 0 Å². The minimum absolute atomic E-state index is 0.340. The topological polar surface area (TPSA) is 71.6 Å². The summed E-state index contributed by atoms with van der Waals surface area (Å²) < 4.78 is 14.5. The number of rotatable bonds is 2. The molecule has 0 radical (unpaired) electrons. The van der Waals surface area contributed by atoms with E-state index in [1.54, 1.807) is 30.5 Å². The number of aryl methyl sites for hydroxylation is 1. The lowest BCUT2D eigenvalue weighted by atomic mass is 10.1. The van der Waals surface area contributed by atoms with Crippen LogP contribution in [0.15, 0.2) is 65.6 Å². The Bertz CT molecular complexity index is 1270. The molecule has 0 fully saturated rings. The van der Waals surface area contributed by atoms with Gasteiger partial charge in [-0.25, -0.2) is 4.39 Å². The van der Waals surface area contributed by atoms with Gasteiger partial charge in [-0.1, -0.05) is 12.1 Å². The summed E-state index contributed by atoms with van der Waals surface area (Å²) in [5, 5.41) is 14.1. The molecule has 6 heteroatoms. The molecule has 27 heavy (non-hydrogen) atoms. The average Bonchev–Trinajstić information content (AvgIpc) is 2.69. The maximum atomic E-state index is 13.3. The second kappa shape index (κ2) is 6.46. The number of nitrogens with zero attached hydrogens (tertiary/aromatic N) is 4. The van der Waals surface area contributed by atoms with Crippen molar-refractivity contribution in [1.29, 1.82) is 5.26 Å². The number of aromatic nitrogens is 3. The van der Waals surface area contributed by atoms with E-state index in [9.17, 15) is 14.4 Å². The number of halogens is 1. The van der Waals surface area contributed by atoms with E-state index < -0.39 is 5.82 Å². The molecule has 2 heterocycles. The van der Waals surface area contributed by atoms with Crippen molar-refractivity contribution < 1.29 is 4.39 Å². The number of fused-ring (bicyclic) bond motifs is 1. The van der Waals surface area contributed by atoms with Crippen LogP contribution in [0, 0.1) is 24.1 Å². The van der Waals surface area contributed by atoms with Crippen LogP contribution in [0.1, 0.15) is 11.1 Å². The quantitative estimate of drug-likeness (QED) is 0.548. The molecule has 4 aromatic rings. The van der Waals surface area contributed by atoms with Crippen molar-refractivity contribution in [2.75, 3.05) is 0 Å². The van der Waals surface area contributed by atoms with E-state index in [2.05, 4.69) is 16.2 Å². The van der Waals surface area contributed by atoms with Crippen LogP contribution >= 0.6 is 0 Å². The van der Waals surface area contributed by atoms with Crippen molar-refractivity contribution >= 4 is 10.9 Å². The zero-order valence-electron chi connectivity index (χ0n) is 14.3. The molecule has 0 aliphatic rings. The Kier molecular flexibility index (Phi) is 3.98. The number of benzene rings is 2. The lowest BCUT2D eigenvalue weighted by molar-refractivity contribution is 0.626. The predicted octanol–water partition coefficient (Wildman–Crippen LogP) is 3.77. The molecule has 0 amide bonds. The monoisotopic (exact) mass is 356 g/mol. The summed E-state index contributed by atoms with van der Waals surface area (Å²) in [5.41, 5.74) is 3.04. The van der Waals surface area contributed by atoms with Crippen LogP contribution < -0.4 is 5.56 Å². The number of pyridine rings is 1. The van der Waals surface area contributed by atoms with Gasteiger partial charge in [0.2, 0.25) is 0 Å². The van der Waals surface area contributed by atoms with E-state index in [4.69, 9.17) is 0 Å². The van der Waals surface area contributed by atoms with Crippen molar-refractivity contribution in [3.63, 3.8) is 0 Å². The van der Waals surface area contributed by atoms with E-state index >= 15 is 0 Å². The van der Waals surface area contributed by atoms with Gasteiger partial charge < -0.3 is 0 Å². The molecule has 2 aromatic heterocycles. The fourth-order valence-corrected chi connectivity index (χ4v) is 2.92. The third-order valence-corrected chi connectivity index (χ3v) is 4.21. The molecule has 0 saturated carbocycles. The van der Waals surface area contributed by atoms with E-state index in [-0.39, 0.29) is 5.56 Å². The summed E-state index contributed by atoms with van der Waals surface area (Å²) in [6.45, 7) is 1.85. The van der Waals surface area contributed by atoms with Gasteiger partial charge in [0, 0.05) is 11.8 Å². The van der Waals surface area contributed by atoms with Crippen LogP contribution in [-0.4, -0.2) is 14.8 Å². The summed E-state index contributed by atoms with van der Waals surface area (Å²) >= 11 is 0. The van der Waals surface area contributed by atoms with Gasteiger partial charge >= 0.3 is 0 Å². The Labute approximate surface area is 154 Å². The maximum Gasteiger partial charge on any atom is 0.281 e. The first-order valence-corrected chi connectivity index (χ1v) is 8.23.